The molecule has 9 nitrogen and oxygen atoms in total. The Labute approximate surface area is 218 Å². The van der Waals surface area contributed by atoms with Gasteiger partial charge in [0.25, 0.3) is 5.56 Å². The van der Waals surface area contributed by atoms with Crippen molar-refractivity contribution < 1.29 is 9.47 Å². The first-order valence-corrected chi connectivity index (χ1v) is 16.0. The van der Waals surface area contributed by atoms with Crippen LogP contribution < -0.4 is 16.0 Å². The number of H-pyrrole nitrogens is 2. The molecule has 2 aromatic carbocycles. The number of fused-ring (bicyclic) bond motifs is 1. The first-order chi connectivity index (χ1) is 17.1. The summed E-state index contributed by atoms with van der Waals surface area (Å²) in [6.07, 6.45) is 0.749. The monoisotopic (exact) mass is 547 g/mol. The minimum atomic E-state index is -1.16. The zero-order chi connectivity index (χ0) is 26.0. The lowest BCUT2D eigenvalue weighted by Crippen LogP contribution is -2.25. The van der Waals surface area contributed by atoms with Crippen LogP contribution in [0.4, 0.5) is 0 Å². The predicted octanol–water partition coefficient (Wildman–Crippen LogP) is 5.45. The second-order valence-corrected chi connectivity index (χ2v) is 16.0. The molecule has 2 N–H and O–H groups in total. The fourth-order valence-corrected chi connectivity index (χ4v) is 4.95. The third kappa shape index (κ3) is 5.89. The van der Waals surface area contributed by atoms with Gasteiger partial charge in [0.1, 0.15) is 12.5 Å². The molecule has 0 saturated carbocycles. The van der Waals surface area contributed by atoms with Gasteiger partial charge in [-0.05, 0) is 42.8 Å². The van der Waals surface area contributed by atoms with E-state index >= 15 is 0 Å². The molecule has 0 saturated heterocycles. The molecular formula is C24H27Cl2N5O4Si. The van der Waals surface area contributed by atoms with Gasteiger partial charge in [0.05, 0.1) is 21.3 Å². The molecular weight excluding hydrogens is 521 g/mol. The maximum atomic E-state index is 12.1. The van der Waals surface area contributed by atoms with Crippen molar-refractivity contribution >= 4 is 42.2 Å². The zero-order valence-corrected chi connectivity index (χ0v) is 23.0. The van der Waals surface area contributed by atoms with E-state index in [1.807, 2.05) is 29.8 Å². The van der Waals surface area contributed by atoms with Crippen molar-refractivity contribution in [3.8, 4) is 22.8 Å². The Morgan fingerprint density at radius 3 is 2.44 bits per heavy atom. The van der Waals surface area contributed by atoms with Crippen molar-refractivity contribution in [3.05, 3.63) is 66.9 Å². The van der Waals surface area contributed by atoms with Crippen LogP contribution in [0.25, 0.3) is 22.2 Å². The van der Waals surface area contributed by atoms with Gasteiger partial charge in [-0.1, -0.05) is 49.8 Å². The van der Waals surface area contributed by atoms with Crippen molar-refractivity contribution in [2.45, 2.75) is 45.8 Å². The summed E-state index contributed by atoms with van der Waals surface area (Å²) in [6.45, 7) is 10.1. The fraction of sp³-hybridized carbons (Fsp3) is 0.333. The van der Waals surface area contributed by atoms with E-state index in [4.69, 9.17) is 37.8 Å². The molecule has 0 aliphatic heterocycles. The van der Waals surface area contributed by atoms with E-state index in [2.05, 4.69) is 34.8 Å². The fourth-order valence-electron chi connectivity index (χ4n) is 3.63. The molecule has 0 spiro atoms. The predicted molar refractivity (Wildman–Crippen MR) is 144 cm³/mol. The number of rotatable bonds is 9. The lowest BCUT2D eigenvalue weighted by molar-refractivity contribution is 0.0814. The molecule has 0 unspecified atom stereocenters. The Kier molecular flexibility index (Phi) is 7.69. The van der Waals surface area contributed by atoms with Gasteiger partial charge in [0.2, 0.25) is 0 Å². The molecule has 2 heterocycles. The highest BCUT2D eigenvalue weighted by Gasteiger charge is 2.17. The summed E-state index contributed by atoms with van der Waals surface area (Å²) < 4.78 is 13.8. The maximum absolute atomic E-state index is 12.1. The molecule has 0 bridgehead atoms. The van der Waals surface area contributed by atoms with Crippen molar-refractivity contribution in [1.29, 1.82) is 0 Å². The van der Waals surface area contributed by atoms with E-state index in [0.717, 1.165) is 29.1 Å². The molecule has 0 amide bonds. The zero-order valence-electron chi connectivity index (χ0n) is 20.4. The molecule has 36 heavy (non-hydrogen) atoms. The smallest absolute Gasteiger partial charge is 0.342 e. The van der Waals surface area contributed by atoms with Crippen LogP contribution in [0.5, 0.6) is 11.5 Å². The first kappa shape index (κ1) is 26.1. The van der Waals surface area contributed by atoms with Crippen LogP contribution in [0, 0.1) is 0 Å². The quantitative estimate of drug-likeness (QED) is 0.212. The van der Waals surface area contributed by atoms with Gasteiger partial charge in [-0.2, -0.15) is 10.2 Å². The molecule has 4 aromatic rings. The second-order valence-electron chi connectivity index (χ2n) is 9.55. The molecule has 0 aliphatic rings. The highest BCUT2D eigenvalue weighted by molar-refractivity contribution is 6.76. The third-order valence-corrected chi connectivity index (χ3v) is 7.81. The number of halogens is 2. The molecule has 12 heteroatoms. The Balaban J connectivity index is 1.59. The number of nitrogens with zero attached hydrogens (tertiary/aromatic N) is 3. The van der Waals surface area contributed by atoms with Crippen LogP contribution in [-0.4, -0.2) is 39.6 Å². The highest BCUT2D eigenvalue weighted by atomic mass is 35.5. The lowest BCUT2D eigenvalue weighted by atomic mass is 10.1. The van der Waals surface area contributed by atoms with Crippen molar-refractivity contribution in [3.63, 3.8) is 0 Å². The number of aromatic amines is 2. The summed E-state index contributed by atoms with van der Waals surface area (Å²) in [4.78, 5) is 25.5. The van der Waals surface area contributed by atoms with Crippen molar-refractivity contribution in [2.75, 3.05) is 6.61 Å². The van der Waals surface area contributed by atoms with Crippen LogP contribution in [0.3, 0.4) is 0 Å². The minimum Gasteiger partial charge on any atom is -0.454 e. The Morgan fingerprint density at radius 2 is 1.81 bits per heavy atom. The van der Waals surface area contributed by atoms with Gasteiger partial charge in [0, 0.05) is 25.6 Å². The van der Waals surface area contributed by atoms with Gasteiger partial charge in [-0.3, -0.25) is 9.78 Å². The van der Waals surface area contributed by atoms with Gasteiger partial charge in [-0.25, -0.2) is 14.6 Å². The van der Waals surface area contributed by atoms with Crippen LogP contribution in [0.2, 0.25) is 35.7 Å². The highest BCUT2D eigenvalue weighted by Crippen LogP contribution is 2.40. The first-order valence-electron chi connectivity index (χ1n) is 11.5. The Bertz CT molecular complexity index is 1500. The molecule has 0 radical (unpaired) electrons. The van der Waals surface area contributed by atoms with E-state index < -0.39 is 19.3 Å². The number of benzene rings is 2. The van der Waals surface area contributed by atoms with E-state index in [1.165, 1.54) is 12.1 Å². The van der Waals surface area contributed by atoms with Crippen LogP contribution in [0.15, 0.2) is 39.9 Å². The van der Waals surface area contributed by atoms with Crippen molar-refractivity contribution in [2.24, 2.45) is 0 Å². The van der Waals surface area contributed by atoms with Gasteiger partial charge >= 0.3 is 5.69 Å². The second kappa shape index (κ2) is 10.6. The molecule has 0 atom stereocenters. The number of hydrogen-bond donors (Lipinski definition) is 2. The van der Waals surface area contributed by atoms with Gasteiger partial charge in [-0.15, -0.1) is 0 Å². The summed E-state index contributed by atoms with van der Waals surface area (Å²) >= 11 is 12.9. The third-order valence-electron chi connectivity index (χ3n) is 5.55. The van der Waals surface area contributed by atoms with Gasteiger partial charge < -0.3 is 9.47 Å². The number of aryl methyl sites for hydroxylation is 1. The summed E-state index contributed by atoms with van der Waals surface area (Å²) in [5.41, 5.74) is 0.846. The molecule has 190 valence electrons. The van der Waals surface area contributed by atoms with Gasteiger partial charge in [0.15, 0.2) is 11.4 Å². The number of ether oxygens (including phenoxy) is 2. The summed E-state index contributed by atoms with van der Waals surface area (Å²) in [5, 5.41) is 12.0. The van der Waals surface area contributed by atoms with Crippen LogP contribution >= 0.6 is 23.2 Å². The number of aromatic nitrogens is 5. The standard InChI is InChI=1S/C24H27Cl2N5O4Si/c1-5-19-16-12-15(6-7-20(16)31(30-19)13-34-8-9-36(2,3)4)35-22-17(25)10-14(11-18(22)26)21-23(32)27-24(33)29-28-21/h6-7,10-12H,5,8-9,13H2,1-4H3,(H2,27,29,32,33). The topological polar surface area (TPSA) is 115 Å². The SMILES string of the molecule is CCc1nn(COCC[Si](C)(C)C)c2ccc(Oc3c(Cl)cc(-c4n[nH]c(=O)[nH]c4=O)cc3Cl)cc12. The average Bonchev–Trinajstić information content (AvgIpc) is 3.15. The molecule has 2 aromatic heterocycles. The molecule has 4 rings (SSSR count). The minimum absolute atomic E-state index is 0.0153. The summed E-state index contributed by atoms with van der Waals surface area (Å²) in [5.74, 6) is 0.773. The maximum Gasteiger partial charge on any atom is 0.342 e. The van der Waals surface area contributed by atoms with E-state index in [-0.39, 0.29) is 21.5 Å². The van der Waals surface area contributed by atoms with Crippen molar-refractivity contribution in [1.82, 2.24) is 25.0 Å². The normalized spacial score (nSPS) is 11.8. The Morgan fingerprint density at radius 1 is 1.08 bits per heavy atom. The Hall–Kier alpha value is -2.92. The molecule has 0 fully saturated rings. The van der Waals surface area contributed by atoms with E-state index in [1.54, 1.807) is 0 Å². The number of nitrogens with one attached hydrogen (secondary N) is 2. The average molecular weight is 549 g/mol. The lowest BCUT2D eigenvalue weighted by Gasteiger charge is -2.15. The largest absolute Gasteiger partial charge is 0.454 e. The van der Waals surface area contributed by atoms with Crippen LogP contribution in [0.1, 0.15) is 12.6 Å². The van der Waals surface area contributed by atoms with Crippen LogP contribution in [-0.2, 0) is 17.9 Å². The summed E-state index contributed by atoms with van der Waals surface area (Å²) in [7, 11) is -1.16. The van der Waals surface area contributed by atoms with E-state index in [9.17, 15) is 9.59 Å². The summed E-state index contributed by atoms with van der Waals surface area (Å²) in [6, 6.07) is 9.75. The molecule has 0 aliphatic carbocycles. The van der Waals surface area contributed by atoms with E-state index in [0.29, 0.717) is 24.7 Å². The number of hydrogen-bond acceptors (Lipinski definition) is 6.